The van der Waals surface area contributed by atoms with E-state index >= 15 is 0 Å². The summed E-state index contributed by atoms with van der Waals surface area (Å²) in [5, 5.41) is 9.74. The first-order valence-electron chi connectivity index (χ1n) is 7.85. The molecule has 10 heteroatoms. The molecule has 3 amide bonds. The van der Waals surface area contributed by atoms with Crippen LogP contribution in [-0.2, 0) is 14.3 Å². The van der Waals surface area contributed by atoms with E-state index < -0.39 is 24.5 Å². The summed E-state index contributed by atoms with van der Waals surface area (Å²) in [5.74, 6) is -0.876. The first-order valence-corrected chi connectivity index (χ1v) is 8.73. The predicted molar refractivity (Wildman–Crippen MR) is 93.8 cm³/mol. The summed E-state index contributed by atoms with van der Waals surface area (Å²) in [6.45, 7) is 5.03. The lowest BCUT2D eigenvalue weighted by atomic mass is 10.1. The molecule has 0 saturated heterocycles. The van der Waals surface area contributed by atoms with Crippen molar-refractivity contribution in [3.05, 3.63) is 11.1 Å². The summed E-state index contributed by atoms with van der Waals surface area (Å²) in [7, 11) is 1.49. The highest BCUT2D eigenvalue weighted by Gasteiger charge is 2.15. The molecule has 1 rings (SSSR count). The number of methoxy groups -OCH3 is 1. The summed E-state index contributed by atoms with van der Waals surface area (Å²) < 4.78 is 9.59. The van der Waals surface area contributed by atoms with Crippen LogP contribution in [-0.4, -0.2) is 56.3 Å². The van der Waals surface area contributed by atoms with E-state index in [0.717, 1.165) is 13.0 Å². The molecule has 1 aromatic rings. The predicted octanol–water partition coefficient (Wildman–Crippen LogP) is 1.23. The van der Waals surface area contributed by atoms with Crippen molar-refractivity contribution in [1.29, 1.82) is 0 Å². The Labute approximate surface area is 150 Å². The van der Waals surface area contributed by atoms with Crippen LogP contribution in [0.3, 0.4) is 0 Å². The fourth-order valence-corrected chi connectivity index (χ4v) is 2.30. The number of hydrogen-bond acceptors (Lipinski definition) is 8. The van der Waals surface area contributed by atoms with Gasteiger partial charge in [-0.3, -0.25) is 10.1 Å². The molecule has 0 unspecified atom stereocenters. The lowest BCUT2D eigenvalue weighted by Crippen LogP contribution is -2.42. The lowest BCUT2D eigenvalue weighted by molar-refractivity contribution is -0.123. The molecular weight excluding hydrogens is 348 g/mol. The minimum atomic E-state index is -0.728. The van der Waals surface area contributed by atoms with Gasteiger partial charge in [-0.15, -0.1) is 11.3 Å². The van der Waals surface area contributed by atoms with Gasteiger partial charge in [0.2, 0.25) is 0 Å². The highest BCUT2D eigenvalue weighted by molar-refractivity contribution is 7.13. The van der Waals surface area contributed by atoms with E-state index in [9.17, 15) is 14.4 Å². The number of nitrogens with zero attached hydrogens (tertiary/aromatic N) is 1. The molecule has 0 aliphatic carbocycles. The SMILES string of the molecule is COCCNC(=O)NC(=O)COC(=O)c1csc(NCCC(C)C)n1. The van der Waals surface area contributed by atoms with Crippen molar-refractivity contribution in [1.82, 2.24) is 15.6 Å². The normalized spacial score (nSPS) is 10.4. The van der Waals surface area contributed by atoms with Gasteiger partial charge in [-0.05, 0) is 12.3 Å². The fraction of sp³-hybridized carbons (Fsp3) is 0.600. The second-order valence-corrected chi connectivity index (χ2v) is 6.38. The molecule has 0 aromatic carbocycles. The summed E-state index contributed by atoms with van der Waals surface area (Å²) >= 11 is 1.29. The van der Waals surface area contributed by atoms with Gasteiger partial charge in [0.1, 0.15) is 0 Å². The zero-order valence-corrected chi connectivity index (χ0v) is 15.4. The van der Waals surface area contributed by atoms with Crippen molar-refractivity contribution < 1.29 is 23.9 Å². The Bertz CT molecular complexity index is 576. The molecule has 140 valence electrons. The zero-order valence-electron chi connectivity index (χ0n) is 14.6. The smallest absolute Gasteiger partial charge is 0.358 e. The van der Waals surface area contributed by atoms with Gasteiger partial charge in [-0.1, -0.05) is 13.8 Å². The fourth-order valence-electron chi connectivity index (χ4n) is 1.60. The molecule has 1 aromatic heterocycles. The minimum Gasteiger partial charge on any atom is -0.451 e. The van der Waals surface area contributed by atoms with Gasteiger partial charge in [-0.2, -0.15) is 0 Å². The van der Waals surface area contributed by atoms with E-state index in [4.69, 9.17) is 9.47 Å². The van der Waals surface area contributed by atoms with E-state index in [2.05, 4.69) is 29.5 Å². The van der Waals surface area contributed by atoms with Crippen molar-refractivity contribution in [3.8, 4) is 0 Å². The maximum absolute atomic E-state index is 11.8. The van der Waals surface area contributed by atoms with E-state index in [-0.39, 0.29) is 12.2 Å². The van der Waals surface area contributed by atoms with Crippen LogP contribution in [0.25, 0.3) is 0 Å². The number of nitrogens with one attached hydrogen (secondary N) is 3. The van der Waals surface area contributed by atoms with Crippen molar-refractivity contribution in [3.63, 3.8) is 0 Å². The van der Waals surface area contributed by atoms with Crippen LogP contribution in [0, 0.1) is 5.92 Å². The molecule has 0 spiro atoms. The van der Waals surface area contributed by atoms with Crippen LogP contribution in [0.2, 0.25) is 0 Å². The first kappa shape index (κ1) is 20.8. The monoisotopic (exact) mass is 372 g/mol. The number of urea groups is 1. The van der Waals surface area contributed by atoms with Gasteiger partial charge in [0.25, 0.3) is 5.91 Å². The van der Waals surface area contributed by atoms with Gasteiger partial charge in [-0.25, -0.2) is 14.6 Å². The van der Waals surface area contributed by atoms with Crippen LogP contribution >= 0.6 is 11.3 Å². The zero-order chi connectivity index (χ0) is 18.7. The van der Waals surface area contributed by atoms with E-state index in [1.807, 2.05) is 5.32 Å². The number of carbonyl (C=O) groups is 3. The van der Waals surface area contributed by atoms with E-state index in [0.29, 0.717) is 17.7 Å². The van der Waals surface area contributed by atoms with Gasteiger partial charge in [0, 0.05) is 25.6 Å². The Morgan fingerprint density at radius 2 is 2.04 bits per heavy atom. The van der Waals surface area contributed by atoms with Gasteiger partial charge < -0.3 is 20.1 Å². The number of esters is 1. The second kappa shape index (κ2) is 11.4. The van der Waals surface area contributed by atoms with Crippen molar-refractivity contribution in [2.75, 3.05) is 38.7 Å². The van der Waals surface area contributed by atoms with Gasteiger partial charge in [0.15, 0.2) is 17.4 Å². The number of thiazole rings is 1. The number of aromatic nitrogens is 1. The minimum absolute atomic E-state index is 0.120. The molecule has 0 fully saturated rings. The first-order chi connectivity index (χ1) is 11.9. The van der Waals surface area contributed by atoms with Crippen LogP contribution in [0.5, 0.6) is 0 Å². The van der Waals surface area contributed by atoms with Crippen LogP contribution in [0.1, 0.15) is 30.8 Å². The standard InChI is InChI=1S/C15H24N4O5S/c1-10(2)4-5-17-15-18-11(9-25-15)13(21)24-8-12(20)19-14(22)16-6-7-23-3/h9-10H,4-8H2,1-3H3,(H,17,18)(H2,16,19,20,22). The largest absolute Gasteiger partial charge is 0.451 e. The maximum Gasteiger partial charge on any atom is 0.358 e. The highest BCUT2D eigenvalue weighted by atomic mass is 32.1. The number of hydrogen-bond donors (Lipinski definition) is 3. The number of imide groups is 1. The van der Waals surface area contributed by atoms with Gasteiger partial charge in [0.05, 0.1) is 6.61 Å². The Morgan fingerprint density at radius 3 is 2.72 bits per heavy atom. The molecule has 0 saturated carbocycles. The molecule has 0 bridgehead atoms. The number of anilines is 1. The summed E-state index contributed by atoms with van der Waals surface area (Å²) in [6, 6.07) is -0.677. The van der Waals surface area contributed by atoms with Crippen molar-refractivity contribution in [2.45, 2.75) is 20.3 Å². The van der Waals surface area contributed by atoms with Crippen LogP contribution < -0.4 is 16.0 Å². The van der Waals surface area contributed by atoms with Crippen molar-refractivity contribution in [2.24, 2.45) is 5.92 Å². The Balaban J connectivity index is 2.30. The molecule has 3 N–H and O–H groups in total. The number of rotatable bonds is 10. The Kier molecular flexibility index (Phi) is 9.48. The quantitative estimate of drug-likeness (QED) is 0.417. The number of carbonyl (C=O) groups excluding carboxylic acids is 3. The lowest BCUT2D eigenvalue weighted by Gasteiger charge is -2.06. The molecule has 0 atom stereocenters. The summed E-state index contributed by atoms with van der Waals surface area (Å²) in [4.78, 5) is 38.8. The average molecular weight is 372 g/mol. The topological polar surface area (TPSA) is 119 Å². The van der Waals surface area contributed by atoms with E-state index in [1.165, 1.54) is 18.4 Å². The van der Waals surface area contributed by atoms with Crippen molar-refractivity contribution >= 4 is 34.4 Å². The molecule has 25 heavy (non-hydrogen) atoms. The molecule has 9 nitrogen and oxygen atoms in total. The number of amides is 3. The highest BCUT2D eigenvalue weighted by Crippen LogP contribution is 2.16. The third kappa shape index (κ3) is 9.01. The average Bonchev–Trinajstić information content (AvgIpc) is 3.01. The summed E-state index contributed by atoms with van der Waals surface area (Å²) in [5.41, 5.74) is 0.120. The molecule has 0 aliphatic heterocycles. The summed E-state index contributed by atoms with van der Waals surface area (Å²) in [6.07, 6.45) is 0.992. The Morgan fingerprint density at radius 1 is 1.28 bits per heavy atom. The molecule has 0 aliphatic rings. The maximum atomic E-state index is 11.8. The molecule has 1 heterocycles. The van der Waals surface area contributed by atoms with Crippen LogP contribution in [0.4, 0.5) is 9.93 Å². The second-order valence-electron chi connectivity index (χ2n) is 5.52. The Hall–Kier alpha value is -2.20. The molecule has 0 radical (unpaired) electrons. The van der Waals surface area contributed by atoms with E-state index in [1.54, 1.807) is 5.38 Å². The molecular formula is C15H24N4O5S. The van der Waals surface area contributed by atoms with Gasteiger partial charge >= 0.3 is 12.0 Å². The van der Waals surface area contributed by atoms with Crippen LogP contribution in [0.15, 0.2) is 5.38 Å². The third-order valence-corrected chi connectivity index (χ3v) is 3.69. The number of ether oxygens (including phenoxy) is 2. The third-order valence-electron chi connectivity index (χ3n) is 2.89.